The van der Waals surface area contributed by atoms with E-state index in [1.807, 2.05) is 28.7 Å². The van der Waals surface area contributed by atoms with Crippen molar-refractivity contribution < 1.29 is 9.59 Å². The number of carbonyl (C=O) groups is 2. The van der Waals surface area contributed by atoms with E-state index in [0.717, 1.165) is 17.8 Å². The van der Waals surface area contributed by atoms with Crippen molar-refractivity contribution in [3.05, 3.63) is 40.6 Å². The number of aromatic nitrogens is 2. The number of amides is 2. The molecule has 1 spiro atoms. The molecule has 4 rings (SSSR count). The zero-order chi connectivity index (χ0) is 17.6. The number of rotatable bonds is 2. The van der Waals surface area contributed by atoms with Crippen molar-refractivity contribution in [1.29, 1.82) is 0 Å². The predicted octanol–water partition coefficient (Wildman–Crippen LogP) is 2.36. The van der Waals surface area contributed by atoms with E-state index in [9.17, 15) is 9.59 Å². The molecule has 2 aliphatic heterocycles. The largest absolute Gasteiger partial charge is 0.336 e. The topological polar surface area (TPSA) is 66.4 Å². The van der Waals surface area contributed by atoms with Crippen molar-refractivity contribution in [1.82, 2.24) is 14.9 Å². The lowest BCUT2D eigenvalue weighted by molar-refractivity contribution is -0.126. The first-order valence-corrected chi connectivity index (χ1v) is 9.37. The summed E-state index contributed by atoms with van der Waals surface area (Å²) in [4.78, 5) is 37.9. The maximum Gasteiger partial charge on any atom is 0.274 e. The summed E-state index contributed by atoms with van der Waals surface area (Å²) in [6.45, 7) is 5.67. The fourth-order valence-corrected chi connectivity index (χ4v) is 4.58. The molecular weight excluding hydrogens is 336 g/mol. The van der Waals surface area contributed by atoms with E-state index in [1.165, 1.54) is 6.20 Å². The van der Waals surface area contributed by atoms with Crippen LogP contribution in [0.5, 0.6) is 0 Å². The Morgan fingerprint density at radius 3 is 2.88 bits per heavy atom. The molecule has 2 amide bonds. The number of anilines is 1. The van der Waals surface area contributed by atoms with E-state index in [0.29, 0.717) is 25.3 Å². The van der Waals surface area contributed by atoms with E-state index >= 15 is 0 Å². The SMILES string of the molecule is Cc1cnc(C(=O)N2C[C@@H](C)[C@@]3(CCN(c4ccsc4)C3=O)C2)cn1. The summed E-state index contributed by atoms with van der Waals surface area (Å²) in [6, 6.07) is 1.98. The molecule has 0 N–H and O–H groups in total. The third-order valence-electron chi connectivity index (χ3n) is 5.47. The zero-order valence-electron chi connectivity index (χ0n) is 14.3. The Hall–Kier alpha value is -2.28. The number of aryl methyl sites for hydroxylation is 1. The molecule has 6 nitrogen and oxygen atoms in total. The first-order valence-electron chi connectivity index (χ1n) is 8.43. The molecule has 0 aromatic carbocycles. The number of hydrogen-bond donors (Lipinski definition) is 0. The average molecular weight is 356 g/mol. The first-order chi connectivity index (χ1) is 12.0. The summed E-state index contributed by atoms with van der Waals surface area (Å²) in [6.07, 6.45) is 3.90. The smallest absolute Gasteiger partial charge is 0.274 e. The van der Waals surface area contributed by atoms with E-state index in [1.54, 1.807) is 22.4 Å². The molecule has 0 aliphatic carbocycles. The van der Waals surface area contributed by atoms with Crippen molar-refractivity contribution >= 4 is 28.8 Å². The van der Waals surface area contributed by atoms with Gasteiger partial charge >= 0.3 is 0 Å². The fraction of sp³-hybridized carbons (Fsp3) is 0.444. The highest BCUT2D eigenvalue weighted by Gasteiger charge is 2.56. The molecule has 2 fully saturated rings. The van der Waals surface area contributed by atoms with Gasteiger partial charge in [0.2, 0.25) is 5.91 Å². The molecule has 130 valence electrons. The highest BCUT2D eigenvalue weighted by Crippen LogP contribution is 2.46. The van der Waals surface area contributed by atoms with Crippen LogP contribution in [-0.2, 0) is 4.79 Å². The third-order valence-corrected chi connectivity index (χ3v) is 6.14. The fourth-order valence-electron chi connectivity index (χ4n) is 3.94. The molecule has 2 saturated heterocycles. The molecular formula is C18H20N4O2S. The molecule has 0 bridgehead atoms. The summed E-state index contributed by atoms with van der Waals surface area (Å²) in [5.41, 5.74) is 1.61. The van der Waals surface area contributed by atoms with Crippen molar-refractivity contribution in [2.45, 2.75) is 20.3 Å². The number of likely N-dealkylation sites (tertiary alicyclic amines) is 1. The predicted molar refractivity (Wildman–Crippen MR) is 95.6 cm³/mol. The van der Waals surface area contributed by atoms with Gasteiger partial charge in [0.15, 0.2) is 0 Å². The van der Waals surface area contributed by atoms with Gasteiger partial charge in [-0.2, -0.15) is 11.3 Å². The molecule has 2 aromatic rings. The Labute approximate surface area is 150 Å². The Kier molecular flexibility index (Phi) is 3.83. The quantitative estimate of drug-likeness (QED) is 0.828. The maximum absolute atomic E-state index is 13.2. The van der Waals surface area contributed by atoms with Crippen molar-refractivity contribution in [2.75, 3.05) is 24.5 Å². The minimum absolute atomic E-state index is 0.131. The van der Waals surface area contributed by atoms with Gasteiger partial charge in [-0.15, -0.1) is 0 Å². The van der Waals surface area contributed by atoms with Gasteiger partial charge in [0.25, 0.3) is 5.91 Å². The Bertz CT molecular complexity index is 805. The Morgan fingerprint density at radius 1 is 1.36 bits per heavy atom. The van der Waals surface area contributed by atoms with Crippen LogP contribution in [0.25, 0.3) is 0 Å². The summed E-state index contributed by atoms with van der Waals surface area (Å²) in [7, 11) is 0. The second-order valence-electron chi connectivity index (χ2n) is 6.97. The second kappa shape index (κ2) is 5.91. The van der Waals surface area contributed by atoms with Crippen LogP contribution in [0.15, 0.2) is 29.2 Å². The molecule has 2 atom stereocenters. The van der Waals surface area contributed by atoms with E-state index in [4.69, 9.17) is 0 Å². The minimum atomic E-state index is -0.476. The molecule has 25 heavy (non-hydrogen) atoms. The summed E-state index contributed by atoms with van der Waals surface area (Å²) < 4.78 is 0. The number of thiophene rings is 1. The molecule has 0 radical (unpaired) electrons. The van der Waals surface area contributed by atoms with Gasteiger partial charge in [-0.25, -0.2) is 4.98 Å². The monoisotopic (exact) mass is 356 g/mol. The highest BCUT2D eigenvalue weighted by molar-refractivity contribution is 7.08. The van der Waals surface area contributed by atoms with Crippen LogP contribution in [0.4, 0.5) is 5.69 Å². The van der Waals surface area contributed by atoms with Gasteiger partial charge in [-0.3, -0.25) is 14.6 Å². The van der Waals surface area contributed by atoms with Crippen LogP contribution in [0.3, 0.4) is 0 Å². The number of hydrogen-bond acceptors (Lipinski definition) is 5. The molecule has 2 aromatic heterocycles. The van der Waals surface area contributed by atoms with Crippen LogP contribution in [0.1, 0.15) is 29.5 Å². The van der Waals surface area contributed by atoms with Crippen LogP contribution in [0, 0.1) is 18.3 Å². The van der Waals surface area contributed by atoms with Gasteiger partial charge in [-0.05, 0) is 30.7 Å². The maximum atomic E-state index is 13.2. The lowest BCUT2D eigenvalue weighted by Crippen LogP contribution is -2.40. The molecule has 0 saturated carbocycles. The zero-order valence-corrected chi connectivity index (χ0v) is 15.1. The highest BCUT2D eigenvalue weighted by atomic mass is 32.1. The van der Waals surface area contributed by atoms with Crippen molar-refractivity contribution in [3.63, 3.8) is 0 Å². The van der Waals surface area contributed by atoms with Gasteiger partial charge < -0.3 is 9.80 Å². The lowest BCUT2D eigenvalue weighted by Gasteiger charge is -2.26. The lowest BCUT2D eigenvalue weighted by atomic mass is 9.78. The Balaban J connectivity index is 1.56. The van der Waals surface area contributed by atoms with E-state index in [2.05, 4.69) is 16.9 Å². The standard InChI is InChI=1S/C18H20N4O2S/c1-12-9-21(16(23)15-8-19-13(2)7-20-15)11-18(12)4-5-22(17(18)24)14-3-6-25-10-14/h3,6-8,10,12H,4-5,9,11H2,1-2H3/t12-,18-/m1/s1. The van der Waals surface area contributed by atoms with Crippen LogP contribution in [0.2, 0.25) is 0 Å². The van der Waals surface area contributed by atoms with Crippen LogP contribution >= 0.6 is 11.3 Å². The average Bonchev–Trinajstić information content (AvgIpc) is 3.31. The number of nitrogens with zero attached hydrogens (tertiary/aromatic N) is 4. The molecule has 7 heteroatoms. The first kappa shape index (κ1) is 16.2. The molecule has 4 heterocycles. The van der Waals surface area contributed by atoms with Gasteiger partial charge in [0.05, 0.1) is 23.0 Å². The molecule has 2 aliphatic rings. The minimum Gasteiger partial charge on any atom is -0.336 e. The summed E-state index contributed by atoms with van der Waals surface area (Å²) >= 11 is 1.59. The van der Waals surface area contributed by atoms with Crippen molar-refractivity contribution in [2.24, 2.45) is 11.3 Å². The van der Waals surface area contributed by atoms with Gasteiger partial charge in [0, 0.05) is 31.2 Å². The number of carbonyl (C=O) groups excluding carboxylic acids is 2. The second-order valence-corrected chi connectivity index (χ2v) is 7.75. The molecule has 0 unspecified atom stereocenters. The van der Waals surface area contributed by atoms with E-state index < -0.39 is 5.41 Å². The Morgan fingerprint density at radius 2 is 2.20 bits per heavy atom. The van der Waals surface area contributed by atoms with E-state index in [-0.39, 0.29) is 17.7 Å². The van der Waals surface area contributed by atoms with Crippen LogP contribution < -0.4 is 4.90 Å². The summed E-state index contributed by atoms with van der Waals surface area (Å²) in [5, 5.41) is 3.99. The normalized spacial score (nSPS) is 26.0. The van der Waals surface area contributed by atoms with Crippen LogP contribution in [-0.4, -0.2) is 46.3 Å². The van der Waals surface area contributed by atoms with Gasteiger partial charge in [0.1, 0.15) is 5.69 Å². The van der Waals surface area contributed by atoms with Crippen molar-refractivity contribution in [3.8, 4) is 0 Å². The van der Waals surface area contributed by atoms with Gasteiger partial charge in [-0.1, -0.05) is 6.92 Å². The summed E-state index contributed by atoms with van der Waals surface area (Å²) in [5.74, 6) is 0.132. The third kappa shape index (κ3) is 2.54.